The Labute approximate surface area is 71.3 Å². The normalized spacial score (nSPS) is 10.4. The fourth-order valence-corrected chi connectivity index (χ4v) is 1.67. The first-order valence-corrected chi connectivity index (χ1v) is 4.93. The van der Waals surface area contributed by atoms with Crippen LogP contribution in [0.2, 0.25) is 0 Å². The Balaban J connectivity index is 2.54. The second-order valence-corrected chi connectivity index (χ2v) is 3.43. The minimum Gasteiger partial charge on any atom is -0.363 e. The Kier molecular flexibility index (Phi) is 3.49. The third-order valence-corrected chi connectivity index (χ3v) is 2.65. The maximum atomic E-state index is 4.86. The summed E-state index contributed by atoms with van der Waals surface area (Å²) in [4.78, 5) is 0. The van der Waals surface area contributed by atoms with Crippen molar-refractivity contribution in [2.75, 3.05) is 5.75 Å². The predicted octanol–water partition coefficient (Wildman–Crippen LogP) is 2.74. The highest BCUT2D eigenvalue weighted by atomic mass is 32.2. The van der Waals surface area contributed by atoms with Gasteiger partial charge in [0, 0.05) is 5.56 Å². The molecule has 11 heavy (non-hydrogen) atoms. The van der Waals surface area contributed by atoms with E-state index in [1.54, 1.807) is 18.0 Å². The molecule has 0 radical (unpaired) electrons. The summed E-state index contributed by atoms with van der Waals surface area (Å²) in [6.07, 6.45) is 3.92. The van der Waals surface area contributed by atoms with Crippen LogP contribution in [-0.2, 0) is 6.42 Å². The molecule has 1 heterocycles. The molecular weight excluding hydrogens is 158 g/mol. The van der Waals surface area contributed by atoms with Gasteiger partial charge < -0.3 is 4.52 Å². The van der Waals surface area contributed by atoms with Gasteiger partial charge in [-0.1, -0.05) is 19.0 Å². The van der Waals surface area contributed by atoms with E-state index in [1.165, 1.54) is 12.0 Å². The summed E-state index contributed by atoms with van der Waals surface area (Å²) >= 11 is 1.77. The van der Waals surface area contributed by atoms with Crippen molar-refractivity contribution >= 4 is 11.8 Å². The lowest BCUT2D eigenvalue weighted by Crippen LogP contribution is -1.81. The third kappa shape index (κ3) is 2.26. The second kappa shape index (κ2) is 4.44. The summed E-state index contributed by atoms with van der Waals surface area (Å²) in [5, 5.41) is 4.98. The first-order chi connectivity index (χ1) is 5.38. The van der Waals surface area contributed by atoms with Gasteiger partial charge in [-0.05, 0) is 18.6 Å². The molecule has 0 N–H and O–H groups in total. The van der Waals surface area contributed by atoms with Gasteiger partial charge in [0.05, 0.1) is 0 Å². The number of rotatable bonds is 4. The predicted molar refractivity (Wildman–Crippen MR) is 46.9 cm³/mol. The molecule has 1 rings (SSSR count). The Hall–Kier alpha value is -0.440. The van der Waals surface area contributed by atoms with Gasteiger partial charge in [-0.25, -0.2) is 0 Å². The van der Waals surface area contributed by atoms with E-state index >= 15 is 0 Å². The van der Waals surface area contributed by atoms with Crippen molar-refractivity contribution in [2.45, 2.75) is 31.7 Å². The monoisotopic (exact) mass is 171 g/mol. The van der Waals surface area contributed by atoms with Crippen LogP contribution in [0.25, 0.3) is 0 Å². The van der Waals surface area contributed by atoms with E-state index in [4.69, 9.17) is 4.52 Å². The molecule has 0 aliphatic rings. The average Bonchev–Trinajstić information content (AvgIpc) is 2.47. The molecule has 0 saturated carbocycles. The second-order valence-electron chi connectivity index (χ2n) is 2.35. The van der Waals surface area contributed by atoms with Gasteiger partial charge in [0.25, 0.3) is 0 Å². The lowest BCUT2D eigenvalue weighted by atomic mass is 10.3. The molecule has 0 bridgehead atoms. The average molecular weight is 171 g/mol. The molecule has 0 fully saturated rings. The topological polar surface area (TPSA) is 26.0 Å². The zero-order valence-corrected chi connectivity index (χ0v) is 7.78. The Morgan fingerprint density at radius 1 is 1.55 bits per heavy atom. The van der Waals surface area contributed by atoms with E-state index in [1.807, 2.05) is 0 Å². The smallest absolute Gasteiger partial charge is 0.142 e. The van der Waals surface area contributed by atoms with Crippen molar-refractivity contribution < 1.29 is 4.52 Å². The first-order valence-electron chi connectivity index (χ1n) is 3.94. The highest BCUT2D eigenvalue weighted by Gasteiger charge is 2.04. The van der Waals surface area contributed by atoms with Crippen molar-refractivity contribution in [3.63, 3.8) is 0 Å². The van der Waals surface area contributed by atoms with E-state index in [0.29, 0.717) is 0 Å². The molecule has 1 aromatic rings. The molecular formula is C8H13NOS. The minimum atomic E-state index is 1.01. The van der Waals surface area contributed by atoms with Gasteiger partial charge >= 0.3 is 0 Å². The Bertz CT molecular complexity index is 210. The highest BCUT2D eigenvalue weighted by molar-refractivity contribution is 7.99. The molecule has 2 nitrogen and oxygen atoms in total. The maximum Gasteiger partial charge on any atom is 0.142 e. The molecule has 0 saturated heterocycles. The van der Waals surface area contributed by atoms with Crippen LogP contribution in [0.5, 0.6) is 0 Å². The zero-order valence-electron chi connectivity index (χ0n) is 6.96. The molecule has 0 spiro atoms. The van der Waals surface area contributed by atoms with Gasteiger partial charge in [0.2, 0.25) is 0 Å². The standard InChI is InChI=1S/C8H13NOS/c1-3-5-11-8-7(4-2)6-10-9-8/h6H,3-5H2,1-2H3. The maximum absolute atomic E-state index is 4.86. The molecule has 0 aromatic carbocycles. The van der Waals surface area contributed by atoms with Crippen molar-refractivity contribution in [3.05, 3.63) is 11.8 Å². The number of thioether (sulfide) groups is 1. The lowest BCUT2D eigenvalue weighted by molar-refractivity contribution is 0.404. The van der Waals surface area contributed by atoms with Crippen molar-refractivity contribution in [1.82, 2.24) is 5.16 Å². The third-order valence-electron chi connectivity index (χ3n) is 1.43. The number of aryl methyl sites for hydroxylation is 1. The Morgan fingerprint density at radius 3 is 3.00 bits per heavy atom. The van der Waals surface area contributed by atoms with Crippen LogP contribution in [0.3, 0.4) is 0 Å². The van der Waals surface area contributed by atoms with E-state index < -0.39 is 0 Å². The van der Waals surface area contributed by atoms with Crippen LogP contribution in [0.15, 0.2) is 15.8 Å². The number of nitrogens with zero attached hydrogens (tertiary/aromatic N) is 1. The van der Waals surface area contributed by atoms with Crippen molar-refractivity contribution in [1.29, 1.82) is 0 Å². The Morgan fingerprint density at radius 2 is 2.36 bits per heavy atom. The number of hydrogen-bond donors (Lipinski definition) is 0. The van der Waals surface area contributed by atoms with Crippen LogP contribution >= 0.6 is 11.8 Å². The van der Waals surface area contributed by atoms with Gasteiger partial charge in [0.1, 0.15) is 11.3 Å². The molecule has 1 aromatic heterocycles. The summed E-state index contributed by atoms with van der Waals surface area (Å²) in [6.45, 7) is 4.28. The van der Waals surface area contributed by atoms with Gasteiger partial charge in [-0.2, -0.15) is 0 Å². The summed E-state index contributed by atoms with van der Waals surface area (Å²) in [5.41, 5.74) is 1.23. The van der Waals surface area contributed by atoms with Crippen molar-refractivity contribution in [3.8, 4) is 0 Å². The highest BCUT2D eigenvalue weighted by Crippen LogP contribution is 2.21. The molecule has 0 atom stereocenters. The fourth-order valence-electron chi connectivity index (χ4n) is 0.799. The van der Waals surface area contributed by atoms with Gasteiger partial charge in [-0.3, -0.25) is 0 Å². The van der Waals surface area contributed by atoms with Crippen LogP contribution in [0.1, 0.15) is 25.8 Å². The summed E-state index contributed by atoms with van der Waals surface area (Å²) in [6, 6.07) is 0. The van der Waals surface area contributed by atoms with E-state index in [9.17, 15) is 0 Å². The van der Waals surface area contributed by atoms with Crippen molar-refractivity contribution in [2.24, 2.45) is 0 Å². The lowest BCUT2D eigenvalue weighted by Gasteiger charge is -1.94. The largest absolute Gasteiger partial charge is 0.363 e. The first kappa shape index (κ1) is 8.65. The molecule has 0 aliphatic heterocycles. The van der Waals surface area contributed by atoms with E-state index in [0.717, 1.165) is 17.2 Å². The summed E-state index contributed by atoms with van der Waals surface area (Å²) in [7, 11) is 0. The van der Waals surface area contributed by atoms with E-state index in [2.05, 4.69) is 19.0 Å². The quantitative estimate of drug-likeness (QED) is 0.651. The molecule has 0 unspecified atom stereocenters. The SMILES string of the molecule is CCCSc1nocc1CC. The summed E-state index contributed by atoms with van der Waals surface area (Å²) < 4.78 is 4.86. The zero-order chi connectivity index (χ0) is 8.10. The molecule has 3 heteroatoms. The van der Waals surface area contributed by atoms with Crippen LogP contribution in [-0.4, -0.2) is 10.9 Å². The van der Waals surface area contributed by atoms with Gasteiger partial charge in [-0.15, -0.1) is 11.8 Å². The molecule has 0 amide bonds. The minimum absolute atomic E-state index is 1.01. The fraction of sp³-hybridized carbons (Fsp3) is 0.625. The van der Waals surface area contributed by atoms with E-state index in [-0.39, 0.29) is 0 Å². The van der Waals surface area contributed by atoms with Gasteiger partial charge in [0.15, 0.2) is 0 Å². The number of hydrogen-bond acceptors (Lipinski definition) is 3. The number of aromatic nitrogens is 1. The van der Waals surface area contributed by atoms with Crippen LogP contribution < -0.4 is 0 Å². The molecule has 0 aliphatic carbocycles. The van der Waals surface area contributed by atoms with Crippen LogP contribution in [0, 0.1) is 0 Å². The summed E-state index contributed by atoms with van der Waals surface area (Å²) in [5.74, 6) is 1.12. The molecule has 62 valence electrons. The van der Waals surface area contributed by atoms with Crippen LogP contribution in [0.4, 0.5) is 0 Å².